The summed E-state index contributed by atoms with van der Waals surface area (Å²) in [6, 6.07) is 10.5. The molecule has 0 fully saturated rings. The molecule has 2 N–H and O–H groups in total. The van der Waals surface area contributed by atoms with Gasteiger partial charge < -0.3 is 5.32 Å². The summed E-state index contributed by atoms with van der Waals surface area (Å²) in [6.07, 6.45) is 0. The minimum absolute atomic E-state index is 0.0536. The topological polar surface area (TPSA) is 92.3 Å². The van der Waals surface area contributed by atoms with Gasteiger partial charge in [0.2, 0.25) is 15.9 Å². The third kappa shape index (κ3) is 4.71. The summed E-state index contributed by atoms with van der Waals surface area (Å²) >= 11 is 0. The average molecular weight is 350 g/mol. The highest BCUT2D eigenvalue weighted by Crippen LogP contribution is 2.11. The standard InChI is InChI=1S/C16H15FN2O4S/c1-11(20)12-2-8-15(9-3-12)24(22,23)18-10-16(21)19-14-6-4-13(17)5-7-14/h2-9,18H,10H2,1H3,(H,19,21). The molecule has 8 heteroatoms. The summed E-state index contributed by atoms with van der Waals surface area (Å²) < 4.78 is 39.1. The van der Waals surface area contributed by atoms with Crippen molar-refractivity contribution in [1.82, 2.24) is 4.72 Å². The second-order valence-corrected chi connectivity index (χ2v) is 6.73. The SMILES string of the molecule is CC(=O)c1ccc(S(=O)(=O)NCC(=O)Nc2ccc(F)cc2)cc1. The van der Waals surface area contributed by atoms with Gasteiger partial charge >= 0.3 is 0 Å². The fraction of sp³-hybridized carbons (Fsp3) is 0.125. The first kappa shape index (κ1) is 17.8. The predicted molar refractivity (Wildman–Crippen MR) is 86.7 cm³/mol. The second-order valence-electron chi connectivity index (χ2n) is 4.96. The minimum Gasteiger partial charge on any atom is -0.325 e. The second kappa shape index (κ2) is 7.33. The molecule has 0 unspecified atom stereocenters. The number of hydrogen-bond acceptors (Lipinski definition) is 4. The van der Waals surface area contributed by atoms with Crippen molar-refractivity contribution < 1.29 is 22.4 Å². The number of anilines is 1. The van der Waals surface area contributed by atoms with Crippen molar-refractivity contribution in [3.8, 4) is 0 Å². The number of rotatable bonds is 6. The van der Waals surface area contributed by atoms with Crippen LogP contribution in [0.4, 0.5) is 10.1 Å². The zero-order valence-electron chi connectivity index (χ0n) is 12.7. The molecule has 126 valence electrons. The fourth-order valence-electron chi connectivity index (χ4n) is 1.85. The largest absolute Gasteiger partial charge is 0.325 e. The van der Waals surface area contributed by atoms with E-state index in [0.717, 1.165) is 0 Å². The van der Waals surface area contributed by atoms with Crippen molar-refractivity contribution in [3.05, 3.63) is 59.9 Å². The van der Waals surface area contributed by atoms with Gasteiger partial charge in [0.1, 0.15) is 5.82 Å². The Hall–Kier alpha value is -2.58. The molecule has 2 rings (SSSR count). The van der Waals surface area contributed by atoms with Gasteiger partial charge in [0.05, 0.1) is 11.4 Å². The molecule has 2 aromatic carbocycles. The van der Waals surface area contributed by atoms with Crippen LogP contribution in [0.15, 0.2) is 53.4 Å². The molecule has 0 radical (unpaired) electrons. The molecule has 1 amide bonds. The average Bonchev–Trinajstić information content (AvgIpc) is 2.55. The smallest absolute Gasteiger partial charge is 0.241 e. The van der Waals surface area contributed by atoms with E-state index in [2.05, 4.69) is 10.0 Å². The Balaban J connectivity index is 1.97. The van der Waals surface area contributed by atoms with Gasteiger partial charge in [-0.3, -0.25) is 9.59 Å². The number of nitrogens with one attached hydrogen (secondary N) is 2. The fourth-order valence-corrected chi connectivity index (χ4v) is 2.83. The van der Waals surface area contributed by atoms with Crippen LogP contribution >= 0.6 is 0 Å². The summed E-state index contributed by atoms with van der Waals surface area (Å²) in [5.41, 5.74) is 0.745. The van der Waals surface area contributed by atoms with Gasteiger partial charge in [0, 0.05) is 11.3 Å². The van der Waals surface area contributed by atoms with E-state index in [4.69, 9.17) is 0 Å². The number of benzene rings is 2. The lowest BCUT2D eigenvalue weighted by molar-refractivity contribution is -0.115. The van der Waals surface area contributed by atoms with Gasteiger partial charge in [0.25, 0.3) is 0 Å². The first-order valence-electron chi connectivity index (χ1n) is 6.94. The number of Topliss-reactive ketones (excluding diaryl/α,β-unsaturated/α-hetero) is 1. The van der Waals surface area contributed by atoms with E-state index >= 15 is 0 Å². The Morgan fingerprint density at radius 2 is 1.58 bits per heavy atom. The maximum atomic E-state index is 12.8. The van der Waals surface area contributed by atoms with E-state index in [9.17, 15) is 22.4 Å². The van der Waals surface area contributed by atoms with Crippen molar-refractivity contribution in [1.29, 1.82) is 0 Å². The number of carbonyl (C=O) groups excluding carboxylic acids is 2. The normalized spacial score (nSPS) is 11.1. The van der Waals surface area contributed by atoms with Crippen LogP contribution in [0, 0.1) is 5.82 Å². The van der Waals surface area contributed by atoms with E-state index in [1.54, 1.807) is 0 Å². The number of hydrogen-bond donors (Lipinski definition) is 2. The van der Waals surface area contributed by atoms with Crippen LogP contribution in [-0.2, 0) is 14.8 Å². The lowest BCUT2D eigenvalue weighted by atomic mass is 10.2. The molecule has 0 aromatic heterocycles. The van der Waals surface area contributed by atoms with Gasteiger partial charge in [-0.25, -0.2) is 17.5 Å². The molecule has 0 bridgehead atoms. The Morgan fingerprint density at radius 3 is 2.12 bits per heavy atom. The molecule has 0 aliphatic heterocycles. The molecular weight excluding hydrogens is 335 g/mol. The number of halogens is 1. The van der Waals surface area contributed by atoms with E-state index in [0.29, 0.717) is 11.3 Å². The van der Waals surface area contributed by atoms with E-state index in [1.165, 1.54) is 55.5 Å². The van der Waals surface area contributed by atoms with E-state index in [1.807, 2.05) is 0 Å². The molecule has 0 saturated heterocycles. The summed E-state index contributed by atoms with van der Waals surface area (Å²) in [7, 11) is -3.88. The van der Waals surface area contributed by atoms with Crippen LogP contribution in [0.5, 0.6) is 0 Å². The molecular formula is C16H15FN2O4S. The molecule has 0 aliphatic rings. The van der Waals surface area contributed by atoms with Gasteiger partial charge in [-0.15, -0.1) is 0 Å². The highest BCUT2D eigenvalue weighted by molar-refractivity contribution is 7.89. The molecule has 0 aliphatic carbocycles. The third-order valence-corrected chi connectivity index (χ3v) is 4.54. The maximum Gasteiger partial charge on any atom is 0.241 e. The summed E-state index contributed by atoms with van der Waals surface area (Å²) in [5.74, 6) is -1.21. The van der Waals surface area contributed by atoms with Crippen molar-refractivity contribution in [2.45, 2.75) is 11.8 Å². The first-order valence-corrected chi connectivity index (χ1v) is 8.42. The van der Waals surface area contributed by atoms with Crippen LogP contribution in [0.2, 0.25) is 0 Å². The Kier molecular flexibility index (Phi) is 5.42. The number of amides is 1. The molecule has 6 nitrogen and oxygen atoms in total. The van der Waals surface area contributed by atoms with Crippen molar-refractivity contribution >= 4 is 27.4 Å². The first-order chi connectivity index (χ1) is 11.3. The van der Waals surface area contributed by atoms with Crippen LogP contribution < -0.4 is 10.0 Å². The lowest BCUT2D eigenvalue weighted by Crippen LogP contribution is -2.32. The van der Waals surface area contributed by atoms with Crippen molar-refractivity contribution in [2.75, 3.05) is 11.9 Å². The van der Waals surface area contributed by atoms with Gasteiger partial charge in [-0.2, -0.15) is 0 Å². The zero-order valence-corrected chi connectivity index (χ0v) is 13.6. The van der Waals surface area contributed by atoms with Gasteiger partial charge in [0.15, 0.2) is 5.78 Å². The summed E-state index contributed by atoms with van der Waals surface area (Å²) in [6.45, 7) is 0.899. The molecule has 0 atom stereocenters. The summed E-state index contributed by atoms with van der Waals surface area (Å²) in [5, 5.41) is 2.44. The van der Waals surface area contributed by atoms with Crippen molar-refractivity contribution in [3.63, 3.8) is 0 Å². The Labute approximate surface area is 138 Å². The third-order valence-electron chi connectivity index (χ3n) is 3.12. The van der Waals surface area contributed by atoms with Crippen LogP contribution in [0.3, 0.4) is 0 Å². The molecule has 24 heavy (non-hydrogen) atoms. The zero-order chi connectivity index (χ0) is 17.7. The summed E-state index contributed by atoms with van der Waals surface area (Å²) in [4.78, 5) is 22.9. The number of ketones is 1. The van der Waals surface area contributed by atoms with Crippen LogP contribution in [0.1, 0.15) is 17.3 Å². The minimum atomic E-state index is -3.88. The number of carbonyl (C=O) groups is 2. The van der Waals surface area contributed by atoms with Crippen molar-refractivity contribution in [2.24, 2.45) is 0 Å². The molecule has 0 heterocycles. The van der Waals surface area contributed by atoms with Crippen LogP contribution in [0.25, 0.3) is 0 Å². The van der Waals surface area contributed by atoms with Gasteiger partial charge in [-0.1, -0.05) is 12.1 Å². The van der Waals surface area contributed by atoms with Gasteiger partial charge in [-0.05, 0) is 43.3 Å². The monoisotopic (exact) mass is 350 g/mol. The molecule has 0 saturated carbocycles. The number of sulfonamides is 1. The quantitative estimate of drug-likeness (QED) is 0.779. The van der Waals surface area contributed by atoms with E-state index < -0.39 is 28.3 Å². The predicted octanol–water partition coefficient (Wildman–Crippen LogP) is 1.95. The molecule has 0 spiro atoms. The maximum absolute atomic E-state index is 12.8. The Morgan fingerprint density at radius 1 is 1.00 bits per heavy atom. The van der Waals surface area contributed by atoms with E-state index in [-0.39, 0.29) is 10.7 Å². The molecule has 2 aromatic rings. The highest BCUT2D eigenvalue weighted by Gasteiger charge is 2.16. The Bertz CT molecular complexity index is 847. The lowest BCUT2D eigenvalue weighted by Gasteiger charge is -2.08. The van der Waals surface area contributed by atoms with Crippen LogP contribution in [-0.4, -0.2) is 26.7 Å². The highest BCUT2D eigenvalue weighted by atomic mass is 32.2.